The van der Waals surface area contributed by atoms with Crippen molar-refractivity contribution >= 4 is 29.2 Å². The van der Waals surface area contributed by atoms with Crippen molar-refractivity contribution in [3.63, 3.8) is 0 Å². The molecule has 9 nitrogen and oxygen atoms in total. The molecule has 3 rings (SSSR count). The summed E-state index contributed by atoms with van der Waals surface area (Å²) in [6.45, 7) is 1.59. The molecule has 3 aromatic rings. The SMILES string of the molecule is CCOc1ccccc1NC(=O)COC(=O)Cn1nnc(-c2ccc(Cl)cc2)n1. The number of aromatic nitrogens is 4. The van der Waals surface area contributed by atoms with Crippen LogP contribution in [0, 0.1) is 0 Å². The van der Waals surface area contributed by atoms with Gasteiger partial charge < -0.3 is 14.8 Å². The minimum Gasteiger partial charge on any atom is -0.492 e. The lowest BCUT2D eigenvalue weighted by Gasteiger charge is -2.11. The van der Waals surface area contributed by atoms with Gasteiger partial charge in [0, 0.05) is 10.6 Å². The Hall–Kier alpha value is -3.46. The van der Waals surface area contributed by atoms with Gasteiger partial charge in [-0.25, -0.2) is 4.79 Å². The van der Waals surface area contributed by atoms with E-state index in [1.165, 1.54) is 0 Å². The second-order valence-electron chi connectivity index (χ2n) is 5.79. The van der Waals surface area contributed by atoms with Crippen molar-refractivity contribution < 1.29 is 19.1 Å². The van der Waals surface area contributed by atoms with Crippen LogP contribution >= 0.6 is 11.6 Å². The number of hydrogen-bond donors (Lipinski definition) is 1. The van der Waals surface area contributed by atoms with Gasteiger partial charge in [0.25, 0.3) is 5.91 Å². The Morgan fingerprint density at radius 2 is 1.90 bits per heavy atom. The van der Waals surface area contributed by atoms with Crippen molar-refractivity contribution in [2.45, 2.75) is 13.5 Å². The summed E-state index contributed by atoms with van der Waals surface area (Å²) in [6, 6.07) is 13.9. The third-order valence-electron chi connectivity index (χ3n) is 3.65. The first-order valence-corrected chi connectivity index (χ1v) is 9.14. The molecule has 0 bridgehead atoms. The van der Waals surface area contributed by atoms with E-state index >= 15 is 0 Å². The highest BCUT2D eigenvalue weighted by Gasteiger charge is 2.13. The van der Waals surface area contributed by atoms with Gasteiger partial charge in [0.1, 0.15) is 5.75 Å². The van der Waals surface area contributed by atoms with E-state index in [0.717, 1.165) is 4.80 Å². The number of tetrazole rings is 1. The number of nitrogens with zero attached hydrogens (tertiary/aromatic N) is 4. The molecule has 0 unspecified atom stereocenters. The Morgan fingerprint density at radius 1 is 1.14 bits per heavy atom. The first-order valence-electron chi connectivity index (χ1n) is 8.76. The fourth-order valence-corrected chi connectivity index (χ4v) is 2.50. The molecule has 1 N–H and O–H groups in total. The van der Waals surface area contributed by atoms with E-state index in [1.807, 2.05) is 6.92 Å². The lowest BCUT2D eigenvalue weighted by atomic mass is 10.2. The van der Waals surface area contributed by atoms with Gasteiger partial charge in [-0.15, -0.1) is 10.2 Å². The zero-order chi connectivity index (χ0) is 20.6. The van der Waals surface area contributed by atoms with Crippen molar-refractivity contribution in [2.75, 3.05) is 18.5 Å². The molecule has 2 aromatic carbocycles. The monoisotopic (exact) mass is 415 g/mol. The van der Waals surface area contributed by atoms with Gasteiger partial charge in [0.15, 0.2) is 13.2 Å². The van der Waals surface area contributed by atoms with E-state index in [1.54, 1.807) is 48.5 Å². The molecule has 1 aromatic heterocycles. The number of carbonyl (C=O) groups is 2. The quantitative estimate of drug-likeness (QED) is 0.563. The highest BCUT2D eigenvalue weighted by molar-refractivity contribution is 6.30. The standard InChI is InChI=1S/C19H18ClN5O4/c1-2-28-16-6-4-3-5-15(16)21-17(26)12-29-18(27)11-25-23-19(22-24-25)13-7-9-14(20)10-8-13/h3-10H,2,11-12H2,1H3,(H,21,26). The van der Waals surface area contributed by atoms with E-state index < -0.39 is 18.5 Å². The average molecular weight is 416 g/mol. The number of nitrogens with one attached hydrogen (secondary N) is 1. The normalized spacial score (nSPS) is 10.4. The van der Waals surface area contributed by atoms with Crippen LogP contribution in [0.5, 0.6) is 5.75 Å². The van der Waals surface area contributed by atoms with Gasteiger partial charge in [0.05, 0.1) is 12.3 Å². The molecule has 0 radical (unpaired) electrons. The summed E-state index contributed by atoms with van der Waals surface area (Å²) in [7, 11) is 0. The maximum Gasteiger partial charge on any atom is 0.330 e. The molecule has 0 fully saturated rings. The molecule has 0 aliphatic carbocycles. The van der Waals surface area contributed by atoms with Gasteiger partial charge in [-0.3, -0.25) is 4.79 Å². The Bertz CT molecular complexity index is 990. The molecule has 29 heavy (non-hydrogen) atoms. The Balaban J connectivity index is 1.50. The second kappa shape index (κ2) is 9.65. The van der Waals surface area contributed by atoms with Crippen LogP contribution in [0.25, 0.3) is 11.4 Å². The number of rotatable bonds is 8. The van der Waals surface area contributed by atoms with Crippen molar-refractivity contribution in [3.8, 4) is 17.1 Å². The van der Waals surface area contributed by atoms with Gasteiger partial charge >= 0.3 is 5.97 Å². The van der Waals surface area contributed by atoms with Crippen LogP contribution in [0.4, 0.5) is 5.69 Å². The third-order valence-corrected chi connectivity index (χ3v) is 3.90. The molecular formula is C19H18ClN5O4. The maximum absolute atomic E-state index is 12.0. The van der Waals surface area contributed by atoms with Crippen LogP contribution in [0.1, 0.15) is 6.92 Å². The lowest BCUT2D eigenvalue weighted by Crippen LogP contribution is -2.23. The summed E-state index contributed by atoms with van der Waals surface area (Å²) in [6.07, 6.45) is 0. The Labute approximate surface area is 171 Å². The first-order chi connectivity index (χ1) is 14.0. The summed E-state index contributed by atoms with van der Waals surface area (Å²) in [4.78, 5) is 25.1. The molecule has 0 spiro atoms. The van der Waals surface area contributed by atoms with Gasteiger partial charge in [-0.1, -0.05) is 23.7 Å². The summed E-state index contributed by atoms with van der Waals surface area (Å²) >= 11 is 5.85. The predicted molar refractivity (Wildman–Crippen MR) is 105 cm³/mol. The number of para-hydroxylation sites is 2. The Morgan fingerprint density at radius 3 is 2.66 bits per heavy atom. The fraction of sp³-hybridized carbons (Fsp3) is 0.211. The minimum absolute atomic E-state index is 0.274. The maximum atomic E-state index is 12.0. The molecule has 0 saturated carbocycles. The molecule has 0 aliphatic rings. The zero-order valence-electron chi connectivity index (χ0n) is 15.5. The summed E-state index contributed by atoms with van der Waals surface area (Å²) in [5.74, 6) is -0.270. The molecule has 1 amide bonds. The fourth-order valence-electron chi connectivity index (χ4n) is 2.37. The van der Waals surface area contributed by atoms with Gasteiger partial charge in [0.2, 0.25) is 5.82 Å². The van der Waals surface area contributed by atoms with Crippen molar-refractivity contribution in [1.29, 1.82) is 0 Å². The number of anilines is 1. The molecular weight excluding hydrogens is 398 g/mol. The Kier molecular flexibility index (Phi) is 6.75. The van der Waals surface area contributed by atoms with E-state index in [2.05, 4.69) is 20.7 Å². The smallest absolute Gasteiger partial charge is 0.330 e. The van der Waals surface area contributed by atoms with Crippen molar-refractivity contribution in [3.05, 3.63) is 53.6 Å². The minimum atomic E-state index is -0.668. The number of esters is 1. The van der Waals surface area contributed by atoms with Crippen molar-refractivity contribution in [2.24, 2.45) is 0 Å². The molecule has 0 aliphatic heterocycles. The van der Waals surface area contributed by atoms with Crippen molar-refractivity contribution in [1.82, 2.24) is 20.2 Å². The zero-order valence-corrected chi connectivity index (χ0v) is 16.3. The highest BCUT2D eigenvalue weighted by atomic mass is 35.5. The van der Waals surface area contributed by atoms with Gasteiger partial charge in [-0.2, -0.15) is 4.80 Å². The predicted octanol–water partition coefficient (Wildman–Crippen LogP) is 2.57. The molecule has 0 atom stereocenters. The summed E-state index contributed by atoms with van der Waals surface area (Å²) < 4.78 is 10.4. The first kappa shape index (κ1) is 20.3. The van der Waals surface area contributed by atoms with Crippen LogP contribution in [0.2, 0.25) is 5.02 Å². The largest absolute Gasteiger partial charge is 0.492 e. The third kappa shape index (κ3) is 5.76. The second-order valence-corrected chi connectivity index (χ2v) is 6.22. The number of hydrogen-bond acceptors (Lipinski definition) is 7. The molecule has 1 heterocycles. The topological polar surface area (TPSA) is 108 Å². The molecule has 10 heteroatoms. The lowest BCUT2D eigenvalue weighted by molar-refractivity contribution is -0.148. The summed E-state index contributed by atoms with van der Waals surface area (Å²) in [5, 5.41) is 15.0. The van der Waals surface area contributed by atoms with Crippen LogP contribution in [0.3, 0.4) is 0 Å². The van der Waals surface area contributed by atoms with Crippen LogP contribution in [0.15, 0.2) is 48.5 Å². The molecule has 0 saturated heterocycles. The van der Waals surface area contributed by atoms with Gasteiger partial charge in [-0.05, 0) is 48.5 Å². The van der Waals surface area contributed by atoms with Crippen LogP contribution in [-0.4, -0.2) is 45.3 Å². The van der Waals surface area contributed by atoms with E-state index in [0.29, 0.717) is 34.5 Å². The number of amides is 1. The molecule has 150 valence electrons. The summed E-state index contributed by atoms with van der Waals surface area (Å²) in [5.41, 5.74) is 1.21. The average Bonchev–Trinajstić information content (AvgIpc) is 3.17. The number of carbonyl (C=O) groups excluding carboxylic acids is 2. The number of benzene rings is 2. The van der Waals surface area contributed by atoms with E-state index in [9.17, 15) is 9.59 Å². The van der Waals surface area contributed by atoms with E-state index in [-0.39, 0.29) is 6.54 Å². The van der Waals surface area contributed by atoms with Crippen LogP contribution < -0.4 is 10.1 Å². The highest BCUT2D eigenvalue weighted by Crippen LogP contribution is 2.23. The van der Waals surface area contributed by atoms with E-state index in [4.69, 9.17) is 21.1 Å². The van der Waals surface area contributed by atoms with Crippen LogP contribution in [-0.2, 0) is 20.9 Å². The number of halogens is 1. The number of ether oxygens (including phenoxy) is 2.